The fourth-order valence-corrected chi connectivity index (χ4v) is 12.1. The maximum atomic E-state index is 12.9. The van der Waals surface area contributed by atoms with E-state index >= 15 is 0 Å². The van der Waals surface area contributed by atoms with E-state index in [-0.39, 0.29) is 25.6 Å². The maximum absolute atomic E-state index is 12.9. The number of ether oxygens (including phenoxy) is 2. The second kappa shape index (κ2) is 70.8. The molecule has 0 heterocycles. The normalized spacial score (nSPS) is 13.4. The number of quaternary nitrogens is 1. The highest BCUT2D eigenvalue weighted by Gasteiger charge is 2.27. The Hall–Kier alpha value is -2.55. The third-order valence-corrected chi connectivity index (χ3v) is 18.2. The van der Waals surface area contributed by atoms with Crippen LogP contribution in [0.5, 0.6) is 0 Å². The summed E-state index contributed by atoms with van der Waals surface area (Å²) < 4.78 is 34.8. The van der Waals surface area contributed by atoms with Gasteiger partial charge < -0.3 is 18.9 Å². The fraction of sp³-hybridized carbons (Fsp3) is 0.825. The van der Waals surface area contributed by atoms with Gasteiger partial charge in [0.25, 0.3) is 0 Å². The number of rotatable bonds is 72. The van der Waals surface area contributed by atoms with Gasteiger partial charge in [0, 0.05) is 12.8 Å². The van der Waals surface area contributed by atoms with Crippen LogP contribution in [0.15, 0.2) is 72.9 Å². The topological polar surface area (TPSA) is 108 Å². The van der Waals surface area contributed by atoms with Gasteiger partial charge in [-0.05, 0) is 83.5 Å². The molecular weight excluding hydrogens is 1130 g/mol. The van der Waals surface area contributed by atoms with Crippen molar-refractivity contribution in [3.05, 3.63) is 72.9 Å². The maximum Gasteiger partial charge on any atom is 0.472 e. The van der Waals surface area contributed by atoms with Crippen LogP contribution in [0, 0.1) is 0 Å². The number of unbranched alkanes of at least 4 members (excludes halogenated alkanes) is 46. The van der Waals surface area contributed by atoms with E-state index in [1.54, 1.807) is 0 Å². The smallest absolute Gasteiger partial charge is 0.462 e. The average Bonchev–Trinajstić information content (AvgIpc) is 3.58. The minimum atomic E-state index is -4.39. The van der Waals surface area contributed by atoms with E-state index < -0.39 is 26.5 Å². The molecule has 0 aliphatic carbocycles. The molecule has 9 nitrogen and oxygen atoms in total. The van der Waals surface area contributed by atoms with Crippen LogP contribution in [0.25, 0.3) is 0 Å². The van der Waals surface area contributed by atoms with Crippen LogP contribution in [0.4, 0.5) is 0 Å². The number of carbonyl (C=O) groups is 2. The minimum Gasteiger partial charge on any atom is -0.462 e. The number of carbonyl (C=O) groups excluding carboxylic acids is 2. The molecule has 0 aromatic carbocycles. The molecule has 0 radical (unpaired) electrons. The Morgan fingerprint density at radius 2 is 0.633 bits per heavy atom. The summed E-state index contributed by atoms with van der Waals surface area (Å²) in [4.78, 5) is 35.9. The molecular formula is C80H149NO8P+. The summed E-state index contributed by atoms with van der Waals surface area (Å²) in [6.45, 7) is 4.36. The van der Waals surface area contributed by atoms with Gasteiger partial charge in [0.2, 0.25) is 0 Å². The van der Waals surface area contributed by atoms with E-state index in [1.807, 2.05) is 21.1 Å². The number of likely N-dealkylation sites (N-methyl/N-ethyl adjacent to an activating group) is 1. The van der Waals surface area contributed by atoms with Gasteiger partial charge in [0.1, 0.15) is 19.8 Å². The molecule has 90 heavy (non-hydrogen) atoms. The molecule has 0 amide bonds. The minimum absolute atomic E-state index is 0.0314. The van der Waals surface area contributed by atoms with Crippen LogP contribution in [-0.4, -0.2) is 74.9 Å². The van der Waals surface area contributed by atoms with Crippen LogP contribution in [0.3, 0.4) is 0 Å². The zero-order chi connectivity index (χ0) is 65.5. The SMILES string of the molecule is CC/C=C\C/C=C\C/C=C\C/C=C\CCCCCCCCCCCCCCC(=O)OC(COC(=O)CCCCCCCCCCCCCCCCCCCCCCCCCCCCCCC/C=C\C/C=C\CCCCCCC)COP(=O)(O)OCC[N+](C)(C)C. The van der Waals surface area contributed by atoms with Gasteiger partial charge in [-0.15, -0.1) is 0 Å². The van der Waals surface area contributed by atoms with E-state index in [4.69, 9.17) is 18.5 Å². The summed E-state index contributed by atoms with van der Waals surface area (Å²) >= 11 is 0. The fourth-order valence-electron chi connectivity index (χ4n) is 11.3. The summed E-state index contributed by atoms with van der Waals surface area (Å²) in [7, 11) is 1.49. The quantitative estimate of drug-likeness (QED) is 0.0211. The Morgan fingerprint density at radius 3 is 0.944 bits per heavy atom. The Morgan fingerprint density at radius 1 is 0.356 bits per heavy atom. The Bertz CT molecular complexity index is 1750. The number of hydrogen-bond donors (Lipinski definition) is 1. The lowest BCUT2D eigenvalue weighted by Crippen LogP contribution is -2.37. The molecule has 526 valence electrons. The zero-order valence-corrected chi connectivity index (χ0v) is 61.0. The van der Waals surface area contributed by atoms with Crippen molar-refractivity contribution in [3.63, 3.8) is 0 Å². The largest absolute Gasteiger partial charge is 0.472 e. The molecule has 0 aliphatic heterocycles. The molecule has 0 aromatic rings. The van der Waals surface area contributed by atoms with Gasteiger partial charge in [-0.3, -0.25) is 18.6 Å². The van der Waals surface area contributed by atoms with Crippen LogP contribution < -0.4 is 0 Å². The standard InChI is InChI=1S/C80H148NO8P/c1-6-8-10-12-14-16-18-20-22-24-26-28-30-32-33-34-35-36-37-38-39-40-41-42-43-44-45-46-47-49-50-52-54-56-58-60-62-64-66-68-70-72-79(82)86-76-78(77-88-90(84,85)87-75-74-81(3,4)5)89-80(83)73-71-69-67-65-63-61-59-57-55-53-51-48-31-29-27-25-23-21-19-17-15-13-11-9-7-2/h9,11,15,17-18,20-21,23-24,26-27,29,78H,6-8,10,12-14,16,19,22,25,28,30-77H2,1-5H3/p+1/b11-9-,17-15-,20-18-,23-21-,26-24-,29-27-. The van der Waals surface area contributed by atoms with Gasteiger partial charge in [0.05, 0.1) is 27.7 Å². The second-order valence-corrected chi connectivity index (χ2v) is 28.8. The van der Waals surface area contributed by atoms with Gasteiger partial charge in [-0.2, -0.15) is 0 Å². The van der Waals surface area contributed by atoms with Crippen LogP contribution in [-0.2, 0) is 32.7 Å². The number of phosphoric ester groups is 1. The summed E-state index contributed by atoms with van der Waals surface area (Å²) in [5.74, 6) is -0.784. The van der Waals surface area contributed by atoms with Crippen molar-refractivity contribution in [2.75, 3.05) is 47.5 Å². The molecule has 0 fully saturated rings. The third kappa shape index (κ3) is 74.5. The molecule has 0 saturated heterocycles. The molecule has 2 unspecified atom stereocenters. The Kier molecular flexibility index (Phi) is 68.8. The monoisotopic (exact) mass is 1280 g/mol. The highest BCUT2D eigenvalue weighted by atomic mass is 31.2. The number of nitrogens with zero attached hydrogens (tertiary/aromatic N) is 1. The van der Waals surface area contributed by atoms with E-state index in [0.29, 0.717) is 23.9 Å². The van der Waals surface area contributed by atoms with Crippen molar-refractivity contribution < 1.29 is 42.1 Å². The second-order valence-electron chi connectivity index (χ2n) is 27.4. The summed E-state index contributed by atoms with van der Waals surface area (Å²) in [5.41, 5.74) is 0. The highest BCUT2D eigenvalue weighted by molar-refractivity contribution is 7.47. The van der Waals surface area contributed by atoms with E-state index in [2.05, 4.69) is 86.8 Å². The van der Waals surface area contributed by atoms with Crippen molar-refractivity contribution in [2.45, 2.75) is 380 Å². The van der Waals surface area contributed by atoms with E-state index in [1.165, 1.54) is 270 Å². The number of allylic oxidation sites excluding steroid dienone is 12. The van der Waals surface area contributed by atoms with Crippen LogP contribution in [0.1, 0.15) is 373 Å². The van der Waals surface area contributed by atoms with Gasteiger partial charge in [0.15, 0.2) is 6.10 Å². The zero-order valence-electron chi connectivity index (χ0n) is 60.1. The molecule has 0 aromatic heterocycles. The van der Waals surface area contributed by atoms with Crippen LogP contribution >= 0.6 is 7.82 Å². The molecule has 2 atom stereocenters. The third-order valence-electron chi connectivity index (χ3n) is 17.2. The molecule has 0 rings (SSSR count). The molecule has 1 N–H and O–H groups in total. The predicted octanol–water partition coefficient (Wildman–Crippen LogP) is 25.5. The van der Waals surface area contributed by atoms with Crippen molar-refractivity contribution in [3.8, 4) is 0 Å². The first-order chi connectivity index (χ1) is 44.0. The predicted molar refractivity (Wildman–Crippen MR) is 390 cm³/mol. The summed E-state index contributed by atoms with van der Waals surface area (Å²) in [5, 5.41) is 0. The van der Waals surface area contributed by atoms with Crippen molar-refractivity contribution >= 4 is 19.8 Å². The van der Waals surface area contributed by atoms with Crippen molar-refractivity contribution in [1.29, 1.82) is 0 Å². The first-order valence-electron chi connectivity index (χ1n) is 38.7. The lowest BCUT2D eigenvalue weighted by molar-refractivity contribution is -0.870. The molecule has 0 saturated carbocycles. The highest BCUT2D eigenvalue weighted by Crippen LogP contribution is 2.43. The number of esters is 2. The lowest BCUT2D eigenvalue weighted by atomic mass is 10.0. The van der Waals surface area contributed by atoms with Crippen LogP contribution in [0.2, 0.25) is 0 Å². The number of hydrogen-bond acceptors (Lipinski definition) is 7. The average molecular weight is 1280 g/mol. The van der Waals surface area contributed by atoms with E-state index in [9.17, 15) is 19.0 Å². The summed E-state index contributed by atoms with van der Waals surface area (Å²) in [6.07, 6.45) is 96.2. The van der Waals surface area contributed by atoms with Gasteiger partial charge in [-0.1, -0.05) is 350 Å². The first kappa shape index (κ1) is 87.5. The lowest BCUT2D eigenvalue weighted by Gasteiger charge is -2.24. The molecule has 0 bridgehead atoms. The van der Waals surface area contributed by atoms with E-state index in [0.717, 1.165) is 70.6 Å². The number of phosphoric acid groups is 1. The molecule has 10 heteroatoms. The summed E-state index contributed by atoms with van der Waals surface area (Å²) in [6, 6.07) is 0. The first-order valence-corrected chi connectivity index (χ1v) is 40.2. The van der Waals surface area contributed by atoms with Gasteiger partial charge >= 0.3 is 19.8 Å². The Labute approximate surface area is 559 Å². The molecule has 0 aliphatic rings. The molecule has 0 spiro atoms. The van der Waals surface area contributed by atoms with Gasteiger partial charge in [-0.25, -0.2) is 4.57 Å². The van der Waals surface area contributed by atoms with Crippen molar-refractivity contribution in [1.82, 2.24) is 0 Å². The van der Waals surface area contributed by atoms with Crippen molar-refractivity contribution in [2.24, 2.45) is 0 Å². The Balaban J connectivity index is 3.89.